The van der Waals surface area contributed by atoms with Gasteiger partial charge >= 0.3 is 0 Å². The highest BCUT2D eigenvalue weighted by Gasteiger charge is 2.21. The molecule has 2 aromatic rings. The van der Waals surface area contributed by atoms with E-state index in [1.165, 1.54) is 37.5 Å². The van der Waals surface area contributed by atoms with Gasteiger partial charge in [-0.2, -0.15) is 5.26 Å². The van der Waals surface area contributed by atoms with Crippen LogP contribution >= 0.6 is 15.9 Å². The molecule has 0 atom stereocenters. The number of allylic oxidation sites excluding steroid dienone is 1. The first-order valence-electron chi connectivity index (χ1n) is 6.79. The highest BCUT2D eigenvalue weighted by molar-refractivity contribution is 9.10. The Morgan fingerprint density at radius 3 is 2.46 bits per heavy atom. The number of nitriles is 1. The number of aromatic hydroxyl groups is 1. The van der Waals surface area contributed by atoms with Gasteiger partial charge in [0.1, 0.15) is 11.0 Å². The van der Waals surface area contributed by atoms with Gasteiger partial charge in [-0.15, -0.1) is 0 Å². The molecule has 0 spiro atoms. The number of hydrogen-bond acceptors (Lipinski definition) is 5. The van der Waals surface area contributed by atoms with Crippen molar-refractivity contribution in [2.24, 2.45) is 0 Å². The number of phenols is 1. The van der Waals surface area contributed by atoms with E-state index in [0.717, 1.165) is 5.56 Å². The zero-order chi connectivity index (χ0) is 17.9. The second kappa shape index (κ2) is 7.07. The van der Waals surface area contributed by atoms with Crippen LogP contribution in [-0.4, -0.2) is 20.6 Å². The number of halogens is 1. The summed E-state index contributed by atoms with van der Waals surface area (Å²) in [5.41, 5.74) is 1.33. The van der Waals surface area contributed by atoms with Crippen molar-refractivity contribution in [3.05, 3.63) is 56.9 Å². The predicted octanol–water partition coefficient (Wildman–Crippen LogP) is 3.81. The first-order valence-corrected chi connectivity index (χ1v) is 9.07. The summed E-state index contributed by atoms with van der Waals surface area (Å²) in [4.78, 5) is -0.350. The van der Waals surface area contributed by atoms with Crippen molar-refractivity contribution < 1.29 is 18.3 Å². The Morgan fingerprint density at radius 2 is 1.92 bits per heavy atom. The number of ether oxygens (including phenoxy) is 1. The second-order valence-electron chi connectivity index (χ2n) is 4.99. The van der Waals surface area contributed by atoms with E-state index in [9.17, 15) is 18.8 Å². The second-order valence-corrected chi connectivity index (χ2v) is 7.76. The van der Waals surface area contributed by atoms with Crippen LogP contribution in [0.25, 0.3) is 6.08 Å². The molecule has 0 unspecified atom stereocenters. The monoisotopic (exact) mass is 407 g/mol. The summed E-state index contributed by atoms with van der Waals surface area (Å²) >= 11 is 3.16. The molecule has 0 aliphatic rings. The zero-order valence-corrected chi connectivity index (χ0v) is 15.3. The minimum atomic E-state index is -3.93. The van der Waals surface area contributed by atoms with E-state index in [4.69, 9.17) is 4.74 Å². The first kappa shape index (κ1) is 18.0. The van der Waals surface area contributed by atoms with Crippen molar-refractivity contribution >= 4 is 31.8 Å². The maximum atomic E-state index is 12.6. The van der Waals surface area contributed by atoms with Crippen molar-refractivity contribution in [1.29, 1.82) is 5.26 Å². The molecule has 0 bridgehead atoms. The van der Waals surface area contributed by atoms with Gasteiger partial charge in [0, 0.05) is 0 Å². The number of nitrogens with zero attached hydrogens (tertiary/aromatic N) is 1. The molecule has 0 heterocycles. The lowest BCUT2D eigenvalue weighted by Crippen LogP contribution is -2.03. The third kappa shape index (κ3) is 3.61. The van der Waals surface area contributed by atoms with Gasteiger partial charge in [-0.1, -0.05) is 17.7 Å². The summed E-state index contributed by atoms with van der Waals surface area (Å²) in [5, 5.41) is 19.1. The molecule has 0 aliphatic heterocycles. The Morgan fingerprint density at radius 1 is 1.29 bits per heavy atom. The number of methoxy groups -OCH3 is 1. The van der Waals surface area contributed by atoms with Crippen molar-refractivity contribution in [2.75, 3.05) is 7.11 Å². The van der Waals surface area contributed by atoms with E-state index in [1.807, 2.05) is 6.92 Å². The highest BCUT2D eigenvalue weighted by atomic mass is 79.9. The van der Waals surface area contributed by atoms with Crippen LogP contribution in [0.2, 0.25) is 0 Å². The molecule has 7 heteroatoms. The van der Waals surface area contributed by atoms with Gasteiger partial charge in [0.05, 0.1) is 16.5 Å². The van der Waals surface area contributed by atoms with Gasteiger partial charge in [0.2, 0.25) is 9.84 Å². The standard InChI is InChI=1S/C17H14BrNO4S/c1-11-3-5-13(6-4-11)24(21,22)14(10-19)7-12-8-15(18)17(20)16(9-12)23-2/h3-9,20H,1-2H3/b14-7+. The van der Waals surface area contributed by atoms with Crippen LogP contribution in [0.4, 0.5) is 0 Å². The average molecular weight is 408 g/mol. The molecule has 5 nitrogen and oxygen atoms in total. The van der Waals surface area contributed by atoms with E-state index >= 15 is 0 Å². The van der Waals surface area contributed by atoms with Crippen LogP contribution < -0.4 is 4.74 Å². The minimum Gasteiger partial charge on any atom is -0.503 e. The molecule has 1 N–H and O–H groups in total. The van der Waals surface area contributed by atoms with E-state index in [-0.39, 0.29) is 16.4 Å². The van der Waals surface area contributed by atoms with E-state index in [1.54, 1.807) is 18.2 Å². The Hall–Kier alpha value is -2.30. The predicted molar refractivity (Wildman–Crippen MR) is 94.3 cm³/mol. The van der Waals surface area contributed by atoms with Crippen LogP contribution in [0, 0.1) is 18.3 Å². The third-order valence-corrected chi connectivity index (χ3v) is 5.58. The minimum absolute atomic E-state index is 0.0470. The van der Waals surface area contributed by atoms with Gasteiger partial charge in [0.25, 0.3) is 0 Å². The Balaban J connectivity index is 2.56. The Kier molecular flexibility index (Phi) is 5.32. The van der Waals surface area contributed by atoms with Crippen molar-refractivity contribution in [3.63, 3.8) is 0 Å². The number of hydrogen-bond donors (Lipinski definition) is 1. The SMILES string of the molecule is COc1cc(/C=C(\C#N)S(=O)(=O)c2ccc(C)cc2)cc(Br)c1O. The van der Waals surface area contributed by atoms with Crippen molar-refractivity contribution in [3.8, 4) is 17.6 Å². The molecule has 124 valence electrons. The molecule has 0 aromatic heterocycles. The van der Waals surface area contributed by atoms with Gasteiger partial charge in [-0.05, 0) is 58.8 Å². The zero-order valence-electron chi connectivity index (χ0n) is 12.9. The van der Waals surface area contributed by atoms with Crippen LogP contribution in [0.15, 0.2) is 50.7 Å². The topological polar surface area (TPSA) is 87.4 Å². The largest absolute Gasteiger partial charge is 0.503 e. The van der Waals surface area contributed by atoms with E-state index in [2.05, 4.69) is 15.9 Å². The summed E-state index contributed by atoms with van der Waals surface area (Å²) in [6.07, 6.45) is 1.24. The molecule has 24 heavy (non-hydrogen) atoms. The molecular weight excluding hydrogens is 394 g/mol. The average Bonchev–Trinajstić information content (AvgIpc) is 2.55. The highest BCUT2D eigenvalue weighted by Crippen LogP contribution is 2.36. The van der Waals surface area contributed by atoms with Gasteiger partial charge < -0.3 is 9.84 Å². The van der Waals surface area contributed by atoms with Crippen molar-refractivity contribution in [1.82, 2.24) is 0 Å². The molecule has 2 rings (SSSR count). The summed E-state index contributed by atoms with van der Waals surface area (Å²) in [6, 6.07) is 10.9. The number of phenolic OH excluding ortho intramolecular Hbond substituents is 1. The van der Waals surface area contributed by atoms with Gasteiger partial charge in [-0.3, -0.25) is 0 Å². The molecular formula is C17H14BrNO4S. The molecule has 0 fully saturated rings. The summed E-state index contributed by atoms with van der Waals surface area (Å²) in [6.45, 7) is 1.84. The van der Waals surface area contributed by atoms with Crippen molar-refractivity contribution in [2.45, 2.75) is 11.8 Å². The third-order valence-electron chi connectivity index (χ3n) is 3.30. The van der Waals surface area contributed by atoms with Gasteiger partial charge in [-0.25, -0.2) is 8.42 Å². The lowest BCUT2D eigenvalue weighted by atomic mass is 10.2. The lowest BCUT2D eigenvalue weighted by Gasteiger charge is -2.08. The van der Waals surface area contributed by atoms with Gasteiger partial charge in [0.15, 0.2) is 11.5 Å². The summed E-state index contributed by atoms with van der Waals surface area (Å²) in [5.74, 6) is 0.0650. The fourth-order valence-electron chi connectivity index (χ4n) is 2.00. The number of benzene rings is 2. The molecule has 0 amide bonds. The fraction of sp³-hybridized carbons (Fsp3) is 0.118. The molecule has 0 aliphatic carbocycles. The smallest absolute Gasteiger partial charge is 0.216 e. The summed E-state index contributed by atoms with van der Waals surface area (Å²) in [7, 11) is -2.55. The Labute approximate surface area is 148 Å². The summed E-state index contributed by atoms with van der Waals surface area (Å²) < 4.78 is 30.6. The van der Waals surface area contributed by atoms with Crippen LogP contribution in [0.3, 0.4) is 0 Å². The first-order chi connectivity index (χ1) is 11.3. The van der Waals surface area contributed by atoms with Crippen LogP contribution in [0.1, 0.15) is 11.1 Å². The van der Waals surface area contributed by atoms with E-state index in [0.29, 0.717) is 10.0 Å². The number of sulfone groups is 1. The van der Waals surface area contributed by atoms with E-state index < -0.39 is 14.7 Å². The molecule has 2 aromatic carbocycles. The normalized spacial score (nSPS) is 11.8. The number of aryl methyl sites for hydroxylation is 1. The molecule has 0 saturated carbocycles. The molecule has 0 saturated heterocycles. The molecule has 0 radical (unpaired) electrons. The lowest BCUT2D eigenvalue weighted by molar-refractivity contribution is 0.372. The quantitative estimate of drug-likeness (QED) is 0.778. The maximum absolute atomic E-state index is 12.6. The Bertz CT molecular complexity index is 942. The van der Waals surface area contributed by atoms with Crippen LogP contribution in [0.5, 0.6) is 11.5 Å². The fourth-order valence-corrected chi connectivity index (χ4v) is 3.62. The number of rotatable bonds is 4. The van der Waals surface area contributed by atoms with Crippen LogP contribution in [-0.2, 0) is 9.84 Å². The maximum Gasteiger partial charge on any atom is 0.216 e.